The molecule has 2 N–H and O–H groups in total. The third kappa shape index (κ3) is 8.19. The molecule has 5 rings (SSSR count). The monoisotopic (exact) mass is 656 g/mol. The Kier molecular flexibility index (Phi) is 10.9. The van der Waals surface area contributed by atoms with E-state index in [0.717, 1.165) is 31.6 Å². The Morgan fingerprint density at radius 1 is 1.04 bits per heavy atom. The zero-order valence-electron chi connectivity index (χ0n) is 26.6. The highest BCUT2D eigenvalue weighted by molar-refractivity contribution is 6.04. The number of hydrogen-bond donors (Lipinski definition) is 2. The molecule has 0 radical (unpaired) electrons. The molecule has 13 heteroatoms. The molecule has 1 fully saturated rings. The summed E-state index contributed by atoms with van der Waals surface area (Å²) in [6.07, 6.45) is 1.71. The summed E-state index contributed by atoms with van der Waals surface area (Å²) in [7, 11) is 1.48. The number of aryl methyl sites for hydroxylation is 1. The minimum absolute atomic E-state index is 0.124. The number of halogens is 4. The van der Waals surface area contributed by atoms with Crippen LogP contribution >= 0.6 is 0 Å². The van der Waals surface area contributed by atoms with Crippen molar-refractivity contribution in [1.82, 2.24) is 19.8 Å². The molecule has 1 aromatic heterocycles. The van der Waals surface area contributed by atoms with E-state index >= 15 is 0 Å². The highest BCUT2D eigenvalue weighted by atomic mass is 19.4. The molecule has 0 spiro atoms. The SMILES string of the molecule is COc1cc(CCCC(=O)CCCN2CCCC2)ccc1Nc1ncc(C(F)(F)F)c(Nc2cccc3c2C(=O)N(CCF)C3C)n1. The first-order valence-corrected chi connectivity index (χ1v) is 16.0. The number of Topliss-reactive ketones (excluding diaryl/α,β-unsaturated/α-hetero) is 1. The van der Waals surface area contributed by atoms with Gasteiger partial charge in [-0.3, -0.25) is 9.59 Å². The van der Waals surface area contributed by atoms with Gasteiger partial charge in [-0.05, 0) is 88.0 Å². The molecule has 47 heavy (non-hydrogen) atoms. The van der Waals surface area contributed by atoms with E-state index in [1.54, 1.807) is 25.1 Å². The Balaban J connectivity index is 1.27. The van der Waals surface area contributed by atoms with Crippen molar-refractivity contribution >= 4 is 34.8 Å². The molecule has 1 amide bonds. The number of fused-ring (bicyclic) bond motifs is 1. The molecule has 2 aliphatic rings. The number of methoxy groups -OCH3 is 1. The standard InChI is InChI=1S/C34H40F4N6O3/c1-22-25-11-6-12-28(30(25)32(46)44(22)19-15-35)40-31-26(34(36,37)38)21-39-33(42-31)41-27-14-13-23(20-29(27)47-2)8-5-9-24(45)10-7-18-43-16-3-4-17-43/h6,11-14,20-22H,3-5,7-10,15-19H2,1-2H3,(H2,39,40,41,42). The molecule has 2 aromatic carbocycles. The van der Waals surface area contributed by atoms with Gasteiger partial charge >= 0.3 is 6.18 Å². The van der Waals surface area contributed by atoms with Gasteiger partial charge < -0.3 is 25.2 Å². The van der Waals surface area contributed by atoms with Gasteiger partial charge in [0, 0.05) is 25.6 Å². The number of carbonyl (C=O) groups excluding carboxylic acids is 2. The van der Waals surface area contributed by atoms with Gasteiger partial charge in [0.15, 0.2) is 0 Å². The fourth-order valence-electron chi connectivity index (χ4n) is 6.24. The zero-order chi connectivity index (χ0) is 33.6. The summed E-state index contributed by atoms with van der Waals surface area (Å²) >= 11 is 0. The van der Waals surface area contributed by atoms with E-state index in [4.69, 9.17) is 4.74 Å². The predicted molar refractivity (Wildman–Crippen MR) is 171 cm³/mol. The minimum Gasteiger partial charge on any atom is -0.495 e. The molecule has 9 nitrogen and oxygen atoms in total. The van der Waals surface area contributed by atoms with Crippen molar-refractivity contribution in [2.24, 2.45) is 0 Å². The molecule has 252 valence electrons. The number of likely N-dealkylation sites (tertiary alicyclic amines) is 1. The maximum atomic E-state index is 14.0. The maximum Gasteiger partial charge on any atom is 0.421 e. The number of rotatable bonds is 15. The lowest BCUT2D eigenvalue weighted by molar-refractivity contribution is -0.137. The zero-order valence-corrected chi connectivity index (χ0v) is 26.6. The summed E-state index contributed by atoms with van der Waals surface area (Å²) in [5, 5.41) is 5.64. The van der Waals surface area contributed by atoms with E-state index < -0.39 is 36.2 Å². The van der Waals surface area contributed by atoms with Gasteiger partial charge in [-0.15, -0.1) is 0 Å². The summed E-state index contributed by atoms with van der Waals surface area (Å²) in [5.74, 6) is -0.451. The molecule has 3 heterocycles. The van der Waals surface area contributed by atoms with E-state index in [0.29, 0.717) is 48.9 Å². The lowest BCUT2D eigenvalue weighted by atomic mass is 10.0. The van der Waals surface area contributed by atoms with Gasteiger partial charge in [-0.1, -0.05) is 18.2 Å². The Morgan fingerprint density at radius 2 is 1.81 bits per heavy atom. The first kappa shape index (κ1) is 34.1. The molecule has 0 bridgehead atoms. The number of carbonyl (C=O) groups is 2. The van der Waals surface area contributed by atoms with Crippen LogP contribution in [-0.2, 0) is 17.4 Å². The van der Waals surface area contributed by atoms with Crippen molar-refractivity contribution in [1.29, 1.82) is 0 Å². The van der Waals surface area contributed by atoms with Crippen LogP contribution in [0.5, 0.6) is 5.75 Å². The van der Waals surface area contributed by atoms with Gasteiger partial charge in [-0.2, -0.15) is 18.2 Å². The summed E-state index contributed by atoms with van der Waals surface area (Å²) in [6.45, 7) is 4.11. The third-order valence-corrected chi connectivity index (χ3v) is 8.72. The van der Waals surface area contributed by atoms with E-state index in [1.807, 2.05) is 12.1 Å². The van der Waals surface area contributed by atoms with Gasteiger partial charge in [0.1, 0.15) is 29.6 Å². The highest BCUT2D eigenvalue weighted by Gasteiger charge is 2.38. The fourth-order valence-corrected chi connectivity index (χ4v) is 6.24. The second-order valence-electron chi connectivity index (χ2n) is 11.9. The quantitative estimate of drug-likeness (QED) is 0.165. The Morgan fingerprint density at radius 3 is 2.53 bits per heavy atom. The van der Waals surface area contributed by atoms with Crippen LogP contribution in [0.4, 0.5) is 40.7 Å². The fraction of sp³-hybridized carbons (Fsp3) is 0.471. The van der Waals surface area contributed by atoms with E-state index in [9.17, 15) is 27.2 Å². The molecule has 1 atom stereocenters. The van der Waals surface area contributed by atoms with Crippen LogP contribution in [0.2, 0.25) is 0 Å². The molecule has 3 aromatic rings. The third-order valence-electron chi connectivity index (χ3n) is 8.72. The number of benzene rings is 2. The number of hydrogen-bond acceptors (Lipinski definition) is 8. The first-order valence-electron chi connectivity index (χ1n) is 16.0. The number of ether oxygens (including phenoxy) is 1. The summed E-state index contributed by atoms with van der Waals surface area (Å²) < 4.78 is 60.7. The molecule has 1 unspecified atom stereocenters. The number of aromatic nitrogens is 2. The lowest BCUT2D eigenvalue weighted by Gasteiger charge is -2.20. The summed E-state index contributed by atoms with van der Waals surface area (Å²) in [6, 6.07) is 9.77. The Bertz CT molecular complexity index is 1580. The van der Waals surface area contributed by atoms with Crippen LogP contribution in [0.1, 0.15) is 78.5 Å². The number of anilines is 4. The topological polar surface area (TPSA) is 99.7 Å². The van der Waals surface area contributed by atoms with Crippen LogP contribution in [0.3, 0.4) is 0 Å². The van der Waals surface area contributed by atoms with Crippen molar-refractivity contribution in [2.75, 3.05) is 50.6 Å². The molecule has 1 saturated heterocycles. The van der Waals surface area contributed by atoms with Crippen molar-refractivity contribution in [3.8, 4) is 5.75 Å². The molecule has 0 saturated carbocycles. The van der Waals surface area contributed by atoms with Crippen LogP contribution in [0, 0.1) is 0 Å². The minimum atomic E-state index is -4.79. The van der Waals surface area contributed by atoms with Crippen LogP contribution in [-0.4, -0.2) is 71.4 Å². The van der Waals surface area contributed by atoms with Crippen molar-refractivity contribution in [3.63, 3.8) is 0 Å². The van der Waals surface area contributed by atoms with Crippen LogP contribution in [0.15, 0.2) is 42.6 Å². The van der Waals surface area contributed by atoms with Crippen molar-refractivity contribution in [3.05, 3.63) is 64.8 Å². The average Bonchev–Trinajstić information content (AvgIpc) is 3.64. The second kappa shape index (κ2) is 15.1. The number of ketones is 1. The van der Waals surface area contributed by atoms with Crippen molar-refractivity contribution < 1.29 is 31.9 Å². The largest absolute Gasteiger partial charge is 0.495 e. The van der Waals surface area contributed by atoms with E-state index in [-0.39, 0.29) is 29.5 Å². The van der Waals surface area contributed by atoms with Gasteiger partial charge in [0.2, 0.25) is 5.95 Å². The molecular formula is C34H40F4N6O3. The summed E-state index contributed by atoms with van der Waals surface area (Å²) in [4.78, 5) is 37.3. The Labute approximate surface area is 271 Å². The first-order chi connectivity index (χ1) is 22.6. The Hall–Kier alpha value is -4.26. The van der Waals surface area contributed by atoms with Crippen LogP contribution < -0.4 is 15.4 Å². The molecular weight excluding hydrogens is 616 g/mol. The van der Waals surface area contributed by atoms with E-state index in [2.05, 4.69) is 25.5 Å². The molecule has 2 aliphatic heterocycles. The van der Waals surface area contributed by atoms with Gasteiger partial charge in [0.05, 0.1) is 30.1 Å². The maximum absolute atomic E-state index is 14.0. The summed E-state index contributed by atoms with van der Waals surface area (Å²) in [5.41, 5.74) is 1.16. The van der Waals surface area contributed by atoms with Gasteiger partial charge in [-0.25, -0.2) is 9.37 Å². The normalized spacial score (nSPS) is 16.4. The van der Waals surface area contributed by atoms with Gasteiger partial charge in [0.25, 0.3) is 5.91 Å². The number of nitrogens with zero attached hydrogens (tertiary/aromatic N) is 4. The lowest BCUT2D eigenvalue weighted by Crippen LogP contribution is -2.28. The van der Waals surface area contributed by atoms with E-state index in [1.165, 1.54) is 30.9 Å². The van der Waals surface area contributed by atoms with Crippen molar-refractivity contribution in [2.45, 2.75) is 64.1 Å². The smallest absolute Gasteiger partial charge is 0.421 e. The number of alkyl halides is 4. The number of nitrogens with one attached hydrogen (secondary N) is 2. The predicted octanol–water partition coefficient (Wildman–Crippen LogP) is 7.25. The van der Waals surface area contributed by atoms with Crippen LogP contribution in [0.25, 0.3) is 0 Å². The number of amides is 1. The average molecular weight is 657 g/mol. The second-order valence-corrected chi connectivity index (χ2v) is 11.9. The molecule has 0 aliphatic carbocycles. The highest BCUT2D eigenvalue weighted by Crippen LogP contribution is 2.41.